The van der Waals surface area contributed by atoms with Gasteiger partial charge >= 0.3 is 6.36 Å². The van der Waals surface area contributed by atoms with E-state index in [-0.39, 0.29) is 11.4 Å². The van der Waals surface area contributed by atoms with Crippen LogP contribution < -0.4 is 15.4 Å². The molecule has 0 aliphatic heterocycles. The van der Waals surface area contributed by atoms with Gasteiger partial charge in [0.1, 0.15) is 5.82 Å². The van der Waals surface area contributed by atoms with Gasteiger partial charge in [-0.2, -0.15) is 4.98 Å². The van der Waals surface area contributed by atoms with Gasteiger partial charge in [-0.3, -0.25) is 0 Å². The van der Waals surface area contributed by atoms with Gasteiger partial charge in [0.25, 0.3) is 0 Å². The Kier molecular flexibility index (Phi) is 5.69. The molecule has 1 aromatic carbocycles. The molecule has 6 nitrogen and oxygen atoms in total. The number of rotatable bonds is 8. The summed E-state index contributed by atoms with van der Waals surface area (Å²) in [6.45, 7) is 1.47. The van der Waals surface area contributed by atoms with E-state index < -0.39 is 6.36 Å². The summed E-state index contributed by atoms with van der Waals surface area (Å²) >= 11 is 0. The molecule has 0 saturated heterocycles. The van der Waals surface area contributed by atoms with Crippen molar-refractivity contribution < 1.29 is 17.9 Å². The van der Waals surface area contributed by atoms with Gasteiger partial charge in [-0.15, -0.1) is 13.2 Å². The number of para-hydroxylation sites is 2. The first-order valence-electron chi connectivity index (χ1n) is 8.69. The number of anilines is 3. The fourth-order valence-corrected chi connectivity index (χ4v) is 2.51. The molecule has 27 heavy (non-hydrogen) atoms. The van der Waals surface area contributed by atoms with Crippen LogP contribution in [-0.2, 0) is 0 Å². The van der Waals surface area contributed by atoms with Crippen LogP contribution >= 0.6 is 0 Å². The van der Waals surface area contributed by atoms with Crippen LogP contribution in [0.3, 0.4) is 0 Å². The minimum atomic E-state index is -4.76. The van der Waals surface area contributed by atoms with E-state index in [0.29, 0.717) is 24.2 Å². The third-order valence-corrected chi connectivity index (χ3v) is 3.96. The molecular weight excluding hydrogens is 359 g/mol. The number of halogens is 3. The summed E-state index contributed by atoms with van der Waals surface area (Å²) in [4.78, 5) is 10.9. The molecule has 9 heteroatoms. The van der Waals surface area contributed by atoms with E-state index in [4.69, 9.17) is 0 Å². The molecule has 1 saturated carbocycles. The van der Waals surface area contributed by atoms with E-state index in [2.05, 4.69) is 25.3 Å². The van der Waals surface area contributed by atoms with Crippen molar-refractivity contribution in [1.82, 2.24) is 14.9 Å². The zero-order valence-corrected chi connectivity index (χ0v) is 15.2. The largest absolute Gasteiger partial charge is 0.573 e. The molecule has 1 aliphatic rings. The number of aromatic nitrogens is 2. The number of nitrogens with one attached hydrogen (secondary N) is 2. The number of nitrogens with zero attached hydrogens (tertiary/aromatic N) is 3. The first-order chi connectivity index (χ1) is 12.8. The van der Waals surface area contributed by atoms with Crippen LogP contribution in [0.4, 0.5) is 30.6 Å². The molecule has 0 atom stereocenters. The van der Waals surface area contributed by atoms with E-state index in [1.807, 2.05) is 19.0 Å². The molecule has 1 aliphatic carbocycles. The highest BCUT2D eigenvalue weighted by Gasteiger charge is 2.32. The standard InChI is InChI=1S/C18H22F3N5O/c1-26(2)10-9-22-17-24-14(12-7-8-12)11-16(25-17)23-13-5-3-4-6-15(13)27-18(19,20)21/h3-6,11-12H,7-10H2,1-2H3,(H2,22,23,24,25). The van der Waals surface area contributed by atoms with Gasteiger partial charge in [-0.05, 0) is 39.1 Å². The van der Waals surface area contributed by atoms with Gasteiger partial charge in [-0.1, -0.05) is 12.1 Å². The highest BCUT2D eigenvalue weighted by atomic mass is 19.4. The van der Waals surface area contributed by atoms with Gasteiger partial charge in [0.05, 0.1) is 11.4 Å². The molecule has 0 spiro atoms. The monoisotopic (exact) mass is 381 g/mol. The van der Waals surface area contributed by atoms with Crippen molar-refractivity contribution in [2.24, 2.45) is 0 Å². The predicted molar refractivity (Wildman–Crippen MR) is 97.5 cm³/mol. The van der Waals surface area contributed by atoms with Crippen LogP contribution in [-0.4, -0.2) is 48.4 Å². The number of ether oxygens (including phenoxy) is 1. The zero-order chi connectivity index (χ0) is 19.4. The van der Waals surface area contributed by atoms with Gasteiger partial charge < -0.3 is 20.3 Å². The third kappa shape index (κ3) is 5.99. The SMILES string of the molecule is CN(C)CCNc1nc(Nc2ccccc2OC(F)(F)F)cc(C2CC2)n1. The maximum atomic E-state index is 12.6. The summed E-state index contributed by atoms with van der Waals surface area (Å²) in [5.74, 6) is 0.957. The Bertz CT molecular complexity index is 778. The minimum absolute atomic E-state index is 0.189. The fourth-order valence-electron chi connectivity index (χ4n) is 2.51. The fraction of sp³-hybridized carbons (Fsp3) is 0.444. The lowest BCUT2D eigenvalue weighted by molar-refractivity contribution is -0.274. The summed E-state index contributed by atoms with van der Waals surface area (Å²) in [6, 6.07) is 7.66. The lowest BCUT2D eigenvalue weighted by Gasteiger charge is -2.16. The molecule has 1 heterocycles. The van der Waals surface area contributed by atoms with E-state index in [1.54, 1.807) is 12.1 Å². The van der Waals surface area contributed by atoms with E-state index in [9.17, 15) is 13.2 Å². The van der Waals surface area contributed by atoms with Crippen molar-refractivity contribution in [3.05, 3.63) is 36.0 Å². The lowest BCUT2D eigenvalue weighted by Crippen LogP contribution is -2.21. The Hall–Kier alpha value is -2.55. The second kappa shape index (κ2) is 7.99. The number of hydrogen-bond donors (Lipinski definition) is 2. The van der Waals surface area contributed by atoms with Crippen molar-refractivity contribution in [2.75, 3.05) is 37.8 Å². The second-order valence-electron chi connectivity index (χ2n) is 6.67. The van der Waals surface area contributed by atoms with Crippen LogP contribution in [0.1, 0.15) is 24.5 Å². The molecule has 3 rings (SSSR count). The summed E-state index contributed by atoms with van der Waals surface area (Å²) in [6.07, 6.45) is -2.65. The molecule has 1 fully saturated rings. The number of likely N-dealkylation sites (N-methyl/N-ethyl adjacent to an activating group) is 1. The molecule has 0 bridgehead atoms. The molecule has 2 N–H and O–H groups in total. The molecule has 146 valence electrons. The molecule has 0 amide bonds. The van der Waals surface area contributed by atoms with Crippen LogP contribution in [0, 0.1) is 0 Å². The third-order valence-electron chi connectivity index (χ3n) is 3.96. The van der Waals surface area contributed by atoms with Crippen molar-refractivity contribution >= 4 is 17.5 Å². The summed E-state index contributed by atoms with van der Waals surface area (Å²) in [5, 5.41) is 6.09. The lowest BCUT2D eigenvalue weighted by atomic mass is 10.2. The maximum Gasteiger partial charge on any atom is 0.573 e. The minimum Gasteiger partial charge on any atom is -0.404 e. The first kappa shape index (κ1) is 19.2. The summed E-state index contributed by atoms with van der Waals surface area (Å²) < 4.78 is 41.9. The second-order valence-corrected chi connectivity index (χ2v) is 6.67. The number of hydrogen-bond acceptors (Lipinski definition) is 6. The molecule has 0 unspecified atom stereocenters. The Balaban J connectivity index is 1.81. The topological polar surface area (TPSA) is 62.3 Å². The molecular formula is C18H22F3N5O. The van der Waals surface area contributed by atoms with Crippen molar-refractivity contribution in [1.29, 1.82) is 0 Å². The molecule has 1 aromatic heterocycles. The Morgan fingerprint density at radius 1 is 1.19 bits per heavy atom. The van der Waals surface area contributed by atoms with Crippen LogP contribution in [0.5, 0.6) is 5.75 Å². The number of alkyl halides is 3. The van der Waals surface area contributed by atoms with Crippen molar-refractivity contribution in [3.63, 3.8) is 0 Å². The van der Waals surface area contributed by atoms with Crippen molar-refractivity contribution in [2.45, 2.75) is 25.1 Å². The smallest absolute Gasteiger partial charge is 0.404 e. The molecule has 2 aromatic rings. The Morgan fingerprint density at radius 3 is 2.59 bits per heavy atom. The Morgan fingerprint density at radius 2 is 1.93 bits per heavy atom. The van der Waals surface area contributed by atoms with E-state index in [1.165, 1.54) is 18.2 Å². The predicted octanol–water partition coefficient (Wildman–Crippen LogP) is 3.97. The van der Waals surface area contributed by atoms with Crippen LogP contribution in [0.25, 0.3) is 0 Å². The Labute approximate surface area is 155 Å². The van der Waals surface area contributed by atoms with Gasteiger partial charge in [0.15, 0.2) is 5.75 Å². The highest BCUT2D eigenvalue weighted by molar-refractivity contribution is 5.65. The first-order valence-corrected chi connectivity index (χ1v) is 8.69. The summed E-state index contributed by atoms with van der Waals surface area (Å²) in [5.41, 5.74) is 1.07. The van der Waals surface area contributed by atoms with E-state index in [0.717, 1.165) is 25.1 Å². The van der Waals surface area contributed by atoms with Crippen LogP contribution in [0.15, 0.2) is 30.3 Å². The van der Waals surface area contributed by atoms with Crippen molar-refractivity contribution in [3.8, 4) is 5.75 Å². The van der Waals surface area contributed by atoms with Gasteiger partial charge in [0.2, 0.25) is 5.95 Å². The van der Waals surface area contributed by atoms with Gasteiger partial charge in [0, 0.05) is 25.1 Å². The normalized spacial score (nSPS) is 14.3. The van der Waals surface area contributed by atoms with Gasteiger partial charge in [-0.25, -0.2) is 4.98 Å². The quantitative estimate of drug-likeness (QED) is 0.722. The highest BCUT2D eigenvalue weighted by Crippen LogP contribution is 2.40. The average Bonchev–Trinajstić information content (AvgIpc) is 3.40. The summed E-state index contributed by atoms with van der Waals surface area (Å²) in [7, 11) is 3.93. The number of benzene rings is 1. The maximum absolute atomic E-state index is 12.6. The zero-order valence-electron chi connectivity index (χ0n) is 15.2. The average molecular weight is 381 g/mol. The van der Waals surface area contributed by atoms with Crippen LogP contribution in [0.2, 0.25) is 0 Å². The molecule has 0 radical (unpaired) electrons. The van der Waals surface area contributed by atoms with E-state index >= 15 is 0 Å².